The minimum Gasteiger partial charge on any atom is -0.480 e. The summed E-state index contributed by atoms with van der Waals surface area (Å²) >= 11 is 0. The molecule has 8 nitrogen and oxygen atoms in total. The summed E-state index contributed by atoms with van der Waals surface area (Å²) in [6.07, 6.45) is 1.40. The van der Waals surface area contributed by atoms with Crippen LogP contribution in [0.2, 0.25) is 0 Å². The van der Waals surface area contributed by atoms with Crippen LogP contribution in [0.4, 0.5) is 0 Å². The van der Waals surface area contributed by atoms with E-state index in [2.05, 4.69) is 0 Å². The lowest BCUT2D eigenvalue weighted by Gasteiger charge is -2.46. The third-order valence-electron chi connectivity index (χ3n) is 5.03. The molecule has 9 heteroatoms. The maximum Gasteiger partial charge on any atom is 0.344 e. The fraction of sp³-hybridized carbons (Fsp3) is 0.857. The number of aliphatic carboxylic acids is 1. The lowest BCUT2D eigenvalue weighted by atomic mass is 9.70. The summed E-state index contributed by atoms with van der Waals surface area (Å²) in [6.45, 7) is 4.24. The fourth-order valence-electron chi connectivity index (χ4n) is 3.73. The zero-order valence-electron chi connectivity index (χ0n) is 13.8. The molecule has 1 fully saturated rings. The van der Waals surface area contributed by atoms with Gasteiger partial charge < -0.3 is 24.5 Å². The number of carbonyl (C=O) groups excluding carboxylic acids is 1. The lowest BCUT2D eigenvalue weighted by Crippen LogP contribution is -2.62. The molecular formula is C14H26NO7P. The van der Waals surface area contributed by atoms with Crippen molar-refractivity contribution in [3.8, 4) is 0 Å². The zero-order chi connectivity index (χ0) is 17.9. The molecule has 1 aliphatic rings. The molecule has 23 heavy (non-hydrogen) atoms. The average Bonchev–Trinajstić information content (AvgIpc) is 2.97. The molecule has 134 valence electrons. The molecule has 1 heterocycles. The van der Waals surface area contributed by atoms with Gasteiger partial charge in [0.05, 0.1) is 7.11 Å². The Labute approximate surface area is 136 Å². The van der Waals surface area contributed by atoms with Gasteiger partial charge in [-0.15, -0.1) is 0 Å². The van der Waals surface area contributed by atoms with Gasteiger partial charge in [-0.05, 0) is 38.8 Å². The van der Waals surface area contributed by atoms with E-state index >= 15 is 0 Å². The third-order valence-corrected chi connectivity index (χ3v) is 6.96. The lowest BCUT2D eigenvalue weighted by molar-refractivity contribution is -0.166. The van der Waals surface area contributed by atoms with Crippen LogP contribution >= 0.6 is 7.60 Å². The molecule has 0 aliphatic carbocycles. The molecule has 3 N–H and O–H groups in total. The maximum atomic E-state index is 12.6. The van der Waals surface area contributed by atoms with Gasteiger partial charge in [-0.1, -0.05) is 13.8 Å². The minimum atomic E-state index is -5.15. The summed E-state index contributed by atoms with van der Waals surface area (Å²) in [5, 5.41) is 7.22. The third kappa shape index (κ3) is 3.18. The maximum absolute atomic E-state index is 12.6. The van der Waals surface area contributed by atoms with E-state index in [-0.39, 0.29) is 19.4 Å². The van der Waals surface area contributed by atoms with E-state index in [1.54, 1.807) is 6.92 Å². The summed E-state index contributed by atoms with van der Waals surface area (Å²) in [5.74, 6) is -2.56. The van der Waals surface area contributed by atoms with Crippen molar-refractivity contribution >= 4 is 19.5 Å². The molecule has 0 saturated carbocycles. The van der Waals surface area contributed by atoms with Crippen molar-refractivity contribution in [3.05, 3.63) is 0 Å². The molecule has 0 spiro atoms. The summed E-state index contributed by atoms with van der Waals surface area (Å²) in [7, 11) is -4.04. The number of carboxylic acid groups (broad SMARTS) is 1. The van der Waals surface area contributed by atoms with E-state index in [4.69, 9.17) is 4.74 Å². The number of esters is 1. The van der Waals surface area contributed by atoms with Gasteiger partial charge in [-0.3, -0.25) is 14.2 Å². The summed E-state index contributed by atoms with van der Waals surface area (Å²) in [4.78, 5) is 46.2. The second kappa shape index (κ2) is 7.30. The van der Waals surface area contributed by atoms with E-state index in [0.717, 1.165) is 20.0 Å². The van der Waals surface area contributed by atoms with Crippen molar-refractivity contribution < 1.29 is 33.8 Å². The molecule has 2 unspecified atom stereocenters. The van der Waals surface area contributed by atoms with Gasteiger partial charge >= 0.3 is 19.5 Å². The Morgan fingerprint density at radius 3 is 2.00 bits per heavy atom. The predicted molar refractivity (Wildman–Crippen MR) is 83.1 cm³/mol. The van der Waals surface area contributed by atoms with Crippen molar-refractivity contribution in [2.24, 2.45) is 5.41 Å². The van der Waals surface area contributed by atoms with Crippen LogP contribution in [0.15, 0.2) is 0 Å². The normalized spacial score (nSPS) is 21.4. The van der Waals surface area contributed by atoms with Crippen molar-refractivity contribution in [2.45, 2.75) is 44.7 Å². The first-order valence-corrected chi connectivity index (χ1v) is 9.34. The Hall–Kier alpha value is -0.950. The summed E-state index contributed by atoms with van der Waals surface area (Å²) in [5.41, 5.74) is -1.81. The fourth-order valence-corrected chi connectivity index (χ4v) is 5.27. The molecule has 1 rings (SSSR count). The highest BCUT2D eigenvalue weighted by atomic mass is 31.2. The summed E-state index contributed by atoms with van der Waals surface area (Å²) < 4.78 is 17.0. The molecule has 0 aromatic rings. The number of methoxy groups -OCH3 is 1. The van der Waals surface area contributed by atoms with Gasteiger partial charge in [0.15, 0.2) is 5.16 Å². The molecular weight excluding hydrogens is 325 g/mol. The first-order valence-electron chi connectivity index (χ1n) is 7.72. The van der Waals surface area contributed by atoms with Crippen molar-refractivity contribution in [1.29, 1.82) is 0 Å². The number of hydrogen-bond acceptors (Lipinski definition) is 5. The molecule has 0 bridgehead atoms. The Bertz CT molecular complexity index is 499. The monoisotopic (exact) mass is 351 g/mol. The first kappa shape index (κ1) is 20.1. The highest BCUT2D eigenvalue weighted by Gasteiger charge is 2.69. The van der Waals surface area contributed by atoms with Crippen LogP contribution in [-0.4, -0.2) is 63.6 Å². The van der Waals surface area contributed by atoms with E-state index in [1.165, 1.54) is 6.92 Å². The Morgan fingerprint density at radius 2 is 1.70 bits per heavy atom. The predicted octanol–water partition coefficient (Wildman–Crippen LogP) is 1.06. The minimum absolute atomic E-state index is 0.0403. The number of ether oxygens (including phenoxy) is 1. The smallest absolute Gasteiger partial charge is 0.344 e. The van der Waals surface area contributed by atoms with Gasteiger partial charge in [-0.25, -0.2) is 0 Å². The molecule has 2 atom stereocenters. The second-order valence-electron chi connectivity index (χ2n) is 5.97. The van der Waals surface area contributed by atoms with Gasteiger partial charge in [0, 0.05) is 6.54 Å². The highest BCUT2D eigenvalue weighted by Crippen LogP contribution is 2.63. The van der Waals surface area contributed by atoms with Crippen LogP contribution < -0.4 is 0 Å². The molecule has 0 aromatic carbocycles. The number of hydrogen-bond donors (Lipinski definition) is 3. The van der Waals surface area contributed by atoms with Crippen molar-refractivity contribution in [2.75, 3.05) is 26.7 Å². The highest BCUT2D eigenvalue weighted by molar-refractivity contribution is 7.55. The number of carboxylic acids is 1. The molecule has 0 amide bonds. The van der Waals surface area contributed by atoms with Gasteiger partial charge in [0.25, 0.3) is 0 Å². The number of rotatable bonds is 8. The zero-order valence-corrected chi connectivity index (χ0v) is 14.7. The number of likely N-dealkylation sites (tertiary alicyclic amines) is 1. The first-order chi connectivity index (χ1) is 10.6. The molecule has 0 radical (unpaired) electrons. The molecule has 1 saturated heterocycles. The van der Waals surface area contributed by atoms with E-state index in [1.807, 2.05) is 4.90 Å². The SMILES string of the molecule is CCC(CN1CCCC1)(C(=O)OC)C(CC)(C(=O)O)P(=O)(O)O. The van der Waals surface area contributed by atoms with Crippen LogP contribution in [-0.2, 0) is 18.9 Å². The second-order valence-corrected chi connectivity index (χ2v) is 7.83. The van der Waals surface area contributed by atoms with Crippen LogP contribution in [0, 0.1) is 5.41 Å². The van der Waals surface area contributed by atoms with Gasteiger partial charge in [0.1, 0.15) is 5.41 Å². The van der Waals surface area contributed by atoms with Crippen molar-refractivity contribution in [1.82, 2.24) is 4.90 Å². The quantitative estimate of drug-likeness (QED) is 0.438. The Morgan fingerprint density at radius 1 is 1.17 bits per heavy atom. The number of nitrogens with zero attached hydrogens (tertiary/aromatic N) is 1. The molecule has 1 aliphatic heterocycles. The standard InChI is InChI=1S/C14H26NO7P/c1-4-13(12(18)22-3,10-15-8-6-7-9-15)14(5-2,11(16)17)23(19,20)21/h4-10H2,1-3H3,(H,16,17)(H2,19,20,21). The Balaban J connectivity index is 3.58. The average molecular weight is 351 g/mol. The Kier molecular flexibility index (Phi) is 6.38. The van der Waals surface area contributed by atoms with Crippen LogP contribution in [0.3, 0.4) is 0 Å². The van der Waals surface area contributed by atoms with E-state index < -0.39 is 30.1 Å². The summed E-state index contributed by atoms with van der Waals surface area (Å²) in [6, 6.07) is 0. The van der Waals surface area contributed by atoms with Crippen LogP contribution in [0.1, 0.15) is 39.5 Å². The van der Waals surface area contributed by atoms with Crippen LogP contribution in [0.5, 0.6) is 0 Å². The van der Waals surface area contributed by atoms with E-state index in [9.17, 15) is 29.0 Å². The largest absolute Gasteiger partial charge is 0.480 e. The van der Waals surface area contributed by atoms with E-state index in [0.29, 0.717) is 13.1 Å². The number of carbonyl (C=O) groups is 2. The van der Waals surface area contributed by atoms with Crippen LogP contribution in [0.25, 0.3) is 0 Å². The topological polar surface area (TPSA) is 124 Å². The van der Waals surface area contributed by atoms with Crippen molar-refractivity contribution in [3.63, 3.8) is 0 Å². The van der Waals surface area contributed by atoms with Gasteiger partial charge in [-0.2, -0.15) is 0 Å². The van der Waals surface area contributed by atoms with Gasteiger partial charge in [0.2, 0.25) is 0 Å². The molecule has 0 aromatic heterocycles.